The van der Waals surface area contributed by atoms with E-state index in [9.17, 15) is 10.2 Å². The van der Waals surface area contributed by atoms with Crippen molar-refractivity contribution in [3.8, 4) is 0 Å². The first-order valence-corrected chi connectivity index (χ1v) is 10.4. The maximum Gasteiger partial charge on any atom is 0.150 e. The Labute approximate surface area is 181 Å². The van der Waals surface area contributed by atoms with Gasteiger partial charge < -0.3 is 15.9 Å². The van der Waals surface area contributed by atoms with Gasteiger partial charge in [-0.3, -0.25) is 4.98 Å². The van der Waals surface area contributed by atoms with Crippen molar-refractivity contribution in [1.82, 2.24) is 9.97 Å². The molecule has 0 fully saturated rings. The molecule has 0 unspecified atom stereocenters. The van der Waals surface area contributed by atoms with Crippen LogP contribution in [0.1, 0.15) is 27.8 Å². The van der Waals surface area contributed by atoms with E-state index in [4.69, 9.17) is 5.73 Å². The predicted octanol–water partition coefficient (Wildman–Crippen LogP) is 4.30. The second-order valence-corrected chi connectivity index (χ2v) is 8.14. The topological polar surface area (TPSA) is 92.3 Å². The normalized spacial score (nSPS) is 11.9. The summed E-state index contributed by atoms with van der Waals surface area (Å²) in [6.07, 6.45) is 6.60. The zero-order valence-electron chi connectivity index (χ0n) is 17.8. The Kier molecular flexibility index (Phi) is 5.98. The summed E-state index contributed by atoms with van der Waals surface area (Å²) in [5.74, 6) is 0.323. The summed E-state index contributed by atoms with van der Waals surface area (Å²) in [5.41, 5.74) is 13.3. The van der Waals surface area contributed by atoms with E-state index in [2.05, 4.69) is 59.4 Å². The zero-order valence-corrected chi connectivity index (χ0v) is 17.8. The molecular formula is C26H27N3O2. The molecule has 158 valence electrons. The number of aliphatic hydroxyl groups is 2. The molecule has 0 bridgehead atoms. The molecule has 5 nitrogen and oxygen atoms in total. The lowest BCUT2D eigenvalue weighted by Crippen LogP contribution is -2.14. The number of fused-ring (bicyclic) bond motifs is 3. The first kappa shape index (κ1) is 21.0. The Morgan fingerprint density at radius 2 is 1.77 bits per heavy atom. The fourth-order valence-electron chi connectivity index (χ4n) is 3.88. The fourth-order valence-corrected chi connectivity index (χ4v) is 3.88. The van der Waals surface area contributed by atoms with Crippen molar-refractivity contribution < 1.29 is 10.2 Å². The van der Waals surface area contributed by atoms with E-state index in [0.717, 1.165) is 49.6 Å². The highest BCUT2D eigenvalue weighted by Crippen LogP contribution is 2.28. The minimum absolute atomic E-state index is 0.0134. The van der Waals surface area contributed by atoms with Crippen LogP contribution in [0.15, 0.2) is 48.7 Å². The summed E-state index contributed by atoms with van der Waals surface area (Å²) in [5, 5.41) is 20.6. The minimum Gasteiger partial charge on any atom is -0.396 e. The van der Waals surface area contributed by atoms with Crippen LogP contribution in [0.2, 0.25) is 0 Å². The number of nitrogens with two attached hydrogens (primary N) is 1. The Balaban J connectivity index is 1.66. The van der Waals surface area contributed by atoms with Gasteiger partial charge in [-0.2, -0.15) is 0 Å². The van der Waals surface area contributed by atoms with Crippen molar-refractivity contribution >= 4 is 39.8 Å². The van der Waals surface area contributed by atoms with Crippen LogP contribution in [0.5, 0.6) is 0 Å². The number of rotatable bonds is 6. The van der Waals surface area contributed by atoms with Gasteiger partial charge in [-0.05, 0) is 60.2 Å². The van der Waals surface area contributed by atoms with Crippen LogP contribution in [0, 0.1) is 19.8 Å². The van der Waals surface area contributed by atoms with E-state index in [1.165, 1.54) is 0 Å². The van der Waals surface area contributed by atoms with Gasteiger partial charge in [0.2, 0.25) is 0 Å². The van der Waals surface area contributed by atoms with Crippen LogP contribution in [0.25, 0.3) is 34.0 Å². The molecule has 0 aliphatic carbocycles. The van der Waals surface area contributed by atoms with Gasteiger partial charge in [0.25, 0.3) is 0 Å². The highest BCUT2D eigenvalue weighted by molar-refractivity contribution is 6.08. The number of aryl methyl sites for hydroxylation is 2. The van der Waals surface area contributed by atoms with Crippen LogP contribution in [-0.4, -0.2) is 33.4 Å². The molecule has 0 radical (unpaired) electrons. The highest BCUT2D eigenvalue weighted by atomic mass is 16.3. The lowest BCUT2D eigenvalue weighted by atomic mass is 9.97. The summed E-state index contributed by atoms with van der Waals surface area (Å²) >= 11 is 0. The van der Waals surface area contributed by atoms with Gasteiger partial charge >= 0.3 is 0 Å². The van der Waals surface area contributed by atoms with E-state index in [0.29, 0.717) is 12.2 Å². The molecule has 0 spiro atoms. The van der Waals surface area contributed by atoms with Crippen molar-refractivity contribution in [2.75, 3.05) is 18.9 Å². The Hall–Kier alpha value is -3.28. The quantitative estimate of drug-likeness (QED) is 0.410. The van der Waals surface area contributed by atoms with Gasteiger partial charge in [0.1, 0.15) is 5.52 Å². The average Bonchev–Trinajstić information content (AvgIpc) is 2.76. The maximum atomic E-state index is 9.30. The van der Waals surface area contributed by atoms with Crippen LogP contribution in [-0.2, 0) is 6.42 Å². The van der Waals surface area contributed by atoms with E-state index in [-0.39, 0.29) is 19.1 Å². The number of anilines is 1. The first-order chi connectivity index (χ1) is 15.0. The molecule has 0 saturated heterocycles. The zero-order chi connectivity index (χ0) is 22.0. The third-order valence-corrected chi connectivity index (χ3v) is 5.67. The molecule has 2 aromatic carbocycles. The molecule has 4 aromatic rings. The molecular weight excluding hydrogens is 386 g/mol. The summed E-state index contributed by atoms with van der Waals surface area (Å²) < 4.78 is 0. The minimum atomic E-state index is -0.120. The van der Waals surface area contributed by atoms with Crippen molar-refractivity contribution in [2.45, 2.75) is 20.3 Å². The molecule has 0 aliphatic rings. The van der Waals surface area contributed by atoms with Gasteiger partial charge in [0.05, 0.1) is 5.52 Å². The predicted molar refractivity (Wildman–Crippen MR) is 128 cm³/mol. The molecule has 4 rings (SSSR count). The van der Waals surface area contributed by atoms with Gasteiger partial charge in [-0.25, -0.2) is 4.98 Å². The van der Waals surface area contributed by atoms with Gasteiger partial charge in [-0.15, -0.1) is 0 Å². The van der Waals surface area contributed by atoms with Crippen molar-refractivity contribution in [2.24, 2.45) is 5.92 Å². The summed E-state index contributed by atoms with van der Waals surface area (Å²) in [6, 6.07) is 14.5. The standard InChI is InChI=1S/C26H27N3O2/c1-16-3-8-22-23-12-19(13-28-25(23)26(27)29-24(22)9-16)5-7-21-6-4-18(10-17(21)2)11-20(14-30)15-31/h3-10,12-13,20,30-31H,11,14-15H2,1-2H3,(H2,27,29)/b7-5+. The van der Waals surface area contributed by atoms with E-state index in [1.54, 1.807) is 0 Å². The molecule has 0 amide bonds. The number of benzene rings is 2. The average molecular weight is 414 g/mol. The number of hydrogen-bond acceptors (Lipinski definition) is 5. The molecule has 2 aromatic heterocycles. The van der Waals surface area contributed by atoms with E-state index < -0.39 is 0 Å². The van der Waals surface area contributed by atoms with Crippen LogP contribution >= 0.6 is 0 Å². The lowest BCUT2D eigenvalue weighted by molar-refractivity contribution is 0.150. The van der Waals surface area contributed by atoms with E-state index >= 15 is 0 Å². The smallest absolute Gasteiger partial charge is 0.150 e. The van der Waals surface area contributed by atoms with Crippen molar-refractivity contribution in [3.63, 3.8) is 0 Å². The van der Waals surface area contributed by atoms with Gasteiger partial charge in [0, 0.05) is 36.1 Å². The van der Waals surface area contributed by atoms with Gasteiger partial charge in [-0.1, -0.05) is 42.5 Å². The van der Waals surface area contributed by atoms with Crippen molar-refractivity contribution in [1.29, 1.82) is 0 Å². The number of nitrogens with zero attached hydrogens (tertiary/aromatic N) is 2. The number of pyridine rings is 2. The maximum absolute atomic E-state index is 9.30. The SMILES string of the molecule is Cc1ccc2c(c1)nc(N)c1ncc(/C=C/c3ccc(CC(CO)CO)cc3C)cc12. The lowest BCUT2D eigenvalue weighted by Gasteiger charge is -2.12. The number of aliphatic hydroxyl groups excluding tert-OH is 2. The second-order valence-electron chi connectivity index (χ2n) is 8.14. The Morgan fingerprint density at radius 1 is 0.968 bits per heavy atom. The molecule has 0 aliphatic heterocycles. The summed E-state index contributed by atoms with van der Waals surface area (Å²) in [4.78, 5) is 9.07. The van der Waals surface area contributed by atoms with Crippen LogP contribution in [0.4, 0.5) is 5.82 Å². The number of hydrogen-bond donors (Lipinski definition) is 3. The Bertz CT molecular complexity index is 1280. The fraction of sp³-hybridized carbons (Fsp3) is 0.231. The second kappa shape index (κ2) is 8.84. The largest absolute Gasteiger partial charge is 0.396 e. The van der Waals surface area contributed by atoms with Crippen LogP contribution in [0.3, 0.4) is 0 Å². The number of aromatic nitrogens is 2. The third kappa shape index (κ3) is 4.43. The molecule has 0 saturated carbocycles. The monoisotopic (exact) mass is 413 g/mol. The molecule has 5 heteroatoms. The van der Waals surface area contributed by atoms with Crippen LogP contribution < -0.4 is 5.73 Å². The number of nitrogen functional groups attached to an aromatic ring is 1. The summed E-state index contributed by atoms with van der Waals surface area (Å²) in [7, 11) is 0. The summed E-state index contributed by atoms with van der Waals surface area (Å²) in [6.45, 7) is 4.08. The van der Waals surface area contributed by atoms with E-state index in [1.807, 2.05) is 25.3 Å². The molecule has 4 N–H and O–H groups in total. The third-order valence-electron chi connectivity index (χ3n) is 5.67. The van der Waals surface area contributed by atoms with Gasteiger partial charge in [0.15, 0.2) is 5.82 Å². The first-order valence-electron chi connectivity index (χ1n) is 10.4. The van der Waals surface area contributed by atoms with Crippen molar-refractivity contribution in [3.05, 3.63) is 76.5 Å². The molecule has 0 atom stereocenters. The molecule has 31 heavy (non-hydrogen) atoms. The highest BCUT2D eigenvalue weighted by Gasteiger charge is 2.09. The Morgan fingerprint density at radius 3 is 2.52 bits per heavy atom. The molecule has 2 heterocycles.